The van der Waals surface area contributed by atoms with Crippen molar-refractivity contribution in [3.63, 3.8) is 0 Å². The minimum absolute atomic E-state index is 0.0837. The second-order valence-corrected chi connectivity index (χ2v) is 4.60. The smallest absolute Gasteiger partial charge is 0.292 e. The lowest BCUT2D eigenvalue weighted by atomic mass is 10.1. The Kier molecular flexibility index (Phi) is 5.42. The van der Waals surface area contributed by atoms with E-state index in [0.717, 1.165) is 19.4 Å². The van der Waals surface area contributed by atoms with E-state index in [2.05, 4.69) is 19.2 Å². The lowest BCUT2D eigenvalue weighted by Gasteiger charge is -2.09. The van der Waals surface area contributed by atoms with Crippen LogP contribution in [0.3, 0.4) is 0 Å². The maximum absolute atomic E-state index is 10.9. The van der Waals surface area contributed by atoms with E-state index in [1.54, 1.807) is 19.2 Å². The van der Waals surface area contributed by atoms with Crippen molar-refractivity contribution >= 4 is 11.4 Å². The van der Waals surface area contributed by atoms with Gasteiger partial charge >= 0.3 is 0 Å². The maximum Gasteiger partial charge on any atom is 0.292 e. The van der Waals surface area contributed by atoms with Gasteiger partial charge in [0.2, 0.25) is 0 Å². The molecule has 0 aliphatic heterocycles. The van der Waals surface area contributed by atoms with Crippen LogP contribution in [0, 0.1) is 16.0 Å². The minimum atomic E-state index is -0.385. The van der Waals surface area contributed by atoms with Crippen molar-refractivity contribution in [3.05, 3.63) is 28.3 Å². The van der Waals surface area contributed by atoms with Crippen LogP contribution in [-0.2, 0) is 0 Å². The van der Waals surface area contributed by atoms with E-state index in [9.17, 15) is 10.1 Å². The summed E-state index contributed by atoms with van der Waals surface area (Å²) in [7, 11) is 1.55. The molecular weight excluding hydrogens is 232 g/mol. The van der Waals surface area contributed by atoms with Crippen molar-refractivity contribution < 1.29 is 9.66 Å². The molecule has 0 spiro atoms. The number of nitro benzene ring substituents is 1. The molecule has 0 heterocycles. The number of methoxy groups -OCH3 is 1. The van der Waals surface area contributed by atoms with Crippen molar-refractivity contribution in [1.82, 2.24) is 0 Å². The van der Waals surface area contributed by atoms with E-state index in [0.29, 0.717) is 17.4 Å². The van der Waals surface area contributed by atoms with Crippen molar-refractivity contribution in [1.29, 1.82) is 0 Å². The van der Waals surface area contributed by atoms with Gasteiger partial charge in [-0.15, -0.1) is 0 Å². The second kappa shape index (κ2) is 6.83. The lowest BCUT2D eigenvalue weighted by molar-refractivity contribution is -0.384. The van der Waals surface area contributed by atoms with Gasteiger partial charge in [-0.2, -0.15) is 0 Å². The van der Waals surface area contributed by atoms with Crippen molar-refractivity contribution in [2.75, 3.05) is 19.0 Å². The van der Waals surface area contributed by atoms with Gasteiger partial charge in [0.05, 0.1) is 12.0 Å². The Morgan fingerprint density at radius 1 is 1.44 bits per heavy atom. The summed E-state index contributed by atoms with van der Waals surface area (Å²) in [5.74, 6) is 1.26. The van der Waals surface area contributed by atoms with E-state index in [1.165, 1.54) is 6.07 Å². The quantitative estimate of drug-likeness (QED) is 0.458. The molecule has 100 valence electrons. The van der Waals surface area contributed by atoms with Crippen LogP contribution >= 0.6 is 0 Å². The molecule has 1 N–H and O–H groups in total. The molecule has 18 heavy (non-hydrogen) atoms. The third-order valence-corrected chi connectivity index (χ3v) is 2.67. The van der Waals surface area contributed by atoms with E-state index >= 15 is 0 Å². The Morgan fingerprint density at radius 2 is 2.17 bits per heavy atom. The molecular formula is C13H20N2O3. The van der Waals surface area contributed by atoms with Crippen LogP contribution in [0.25, 0.3) is 0 Å². The molecule has 1 rings (SSSR count). The molecule has 0 aliphatic rings. The summed E-state index contributed by atoms with van der Waals surface area (Å²) in [6.07, 6.45) is 2.09. The van der Waals surface area contributed by atoms with Gasteiger partial charge in [0.1, 0.15) is 11.4 Å². The predicted molar refractivity (Wildman–Crippen MR) is 72.2 cm³/mol. The summed E-state index contributed by atoms with van der Waals surface area (Å²) in [5.41, 5.74) is 0.600. The van der Waals surface area contributed by atoms with Crippen LogP contribution in [0.15, 0.2) is 18.2 Å². The lowest BCUT2D eigenvalue weighted by Crippen LogP contribution is -2.05. The monoisotopic (exact) mass is 252 g/mol. The number of nitrogens with one attached hydrogen (secondary N) is 1. The van der Waals surface area contributed by atoms with Gasteiger partial charge in [-0.25, -0.2) is 0 Å². The van der Waals surface area contributed by atoms with Crippen LogP contribution in [0.2, 0.25) is 0 Å². The highest BCUT2D eigenvalue weighted by Crippen LogP contribution is 2.28. The molecule has 0 bridgehead atoms. The Hall–Kier alpha value is -1.78. The van der Waals surface area contributed by atoms with E-state index < -0.39 is 0 Å². The van der Waals surface area contributed by atoms with Gasteiger partial charge in [-0.05, 0) is 24.8 Å². The fourth-order valence-electron chi connectivity index (χ4n) is 1.68. The zero-order valence-electron chi connectivity index (χ0n) is 11.1. The first-order valence-corrected chi connectivity index (χ1v) is 6.11. The van der Waals surface area contributed by atoms with Crippen LogP contribution < -0.4 is 10.1 Å². The number of hydrogen-bond donors (Lipinski definition) is 1. The van der Waals surface area contributed by atoms with Crippen LogP contribution in [0.1, 0.15) is 26.7 Å². The Balaban J connectivity index is 2.69. The molecule has 0 saturated carbocycles. The van der Waals surface area contributed by atoms with Crippen molar-refractivity contribution in [2.24, 2.45) is 5.92 Å². The van der Waals surface area contributed by atoms with E-state index in [-0.39, 0.29) is 10.6 Å². The molecule has 0 aromatic heterocycles. The minimum Gasteiger partial charge on any atom is -0.497 e. The summed E-state index contributed by atoms with van der Waals surface area (Å²) in [5, 5.41) is 14.0. The summed E-state index contributed by atoms with van der Waals surface area (Å²) in [4.78, 5) is 10.5. The topological polar surface area (TPSA) is 64.4 Å². The highest BCUT2D eigenvalue weighted by molar-refractivity contribution is 5.64. The third-order valence-electron chi connectivity index (χ3n) is 2.67. The summed E-state index contributed by atoms with van der Waals surface area (Å²) in [6.45, 7) is 5.05. The van der Waals surface area contributed by atoms with E-state index in [1.807, 2.05) is 0 Å². The SMILES string of the molecule is COc1ccc([N+](=O)[O-])c(NCCCC(C)C)c1. The molecule has 0 fully saturated rings. The van der Waals surface area contributed by atoms with Gasteiger partial charge in [0.25, 0.3) is 5.69 Å². The van der Waals surface area contributed by atoms with Crippen molar-refractivity contribution in [2.45, 2.75) is 26.7 Å². The van der Waals surface area contributed by atoms with E-state index in [4.69, 9.17) is 4.74 Å². The molecule has 0 radical (unpaired) electrons. The number of nitrogens with zero attached hydrogens (tertiary/aromatic N) is 1. The summed E-state index contributed by atoms with van der Waals surface area (Å²) in [6, 6.07) is 4.72. The average molecular weight is 252 g/mol. The first-order valence-electron chi connectivity index (χ1n) is 6.11. The zero-order chi connectivity index (χ0) is 13.5. The molecule has 0 unspecified atom stereocenters. The first-order chi connectivity index (χ1) is 8.54. The Morgan fingerprint density at radius 3 is 2.72 bits per heavy atom. The molecule has 5 heteroatoms. The van der Waals surface area contributed by atoms with Crippen LogP contribution in [0.4, 0.5) is 11.4 Å². The molecule has 1 aromatic carbocycles. The Labute approximate surface area is 107 Å². The number of rotatable bonds is 7. The zero-order valence-corrected chi connectivity index (χ0v) is 11.1. The number of nitro groups is 1. The Bertz CT molecular complexity index is 405. The summed E-state index contributed by atoms with van der Waals surface area (Å²) >= 11 is 0. The van der Waals surface area contributed by atoms with Gasteiger partial charge < -0.3 is 10.1 Å². The van der Waals surface area contributed by atoms with Crippen LogP contribution in [0.5, 0.6) is 5.75 Å². The maximum atomic E-state index is 10.9. The largest absolute Gasteiger partial charge is 0.497 e. The fraction of sp³-hybridized carbons (Fsp3) is 0.538. The predicted octanol–water partition coefficient (Wildman–Crippen LogP) is 3.45. The van der Waals surface area contributed by atoms with Gasteiger partial charge in [-0.1, -0.05) is 13.8 Å². The number of hydrogen-bond acceptors (Lipinski definition) is 4. The highest BCUT2D eigenvalue weighted by atomic mass is 16.6. The number of anilines is 1. The molecule has 0 atom stereocenters. The highest BCUT2D eigenvalue weighted by Gasteiger charge is 2.13. The number of benzene rings is 1. The second-order valence-electron chi connectivity index (χ2n) is 4.60. The van der Waals surface area contributed by atoms with Gasteiger partial charge in [0, 0.05) is 18.7 Å². The standard InChI is InChI=1S/C13H20N2O3/c1-10(2)5-4-8-14-12-9-11(18-3)6-7-13(12)15(16)17/h6-7,9-10,14H,4-5,8H2,1-3H3. The molecule has 5 nitrogen and oxygen atoms in total. The number of ether oxygens (including phenoxy) is 1. The normalized spacial score (nSPS) is 10.4. The van der Waals surface area contributed by atoms with Gasteiger partial charge in [-0.3, -0.25) is 10.1 Å². The molecule has 1 aromatic rings. The van der Waals surface area contributed by atoms with Crippen molar-refractivity contribution in [3.8, 4) is 5.75 Å². The van der Waals surface area contributed by atoms with Gasteiger partial charge in [0.15, 0.2) is 0 Å². The average Bonchev–Trinajstić information content (AvgIpc) is 2.33. The van der Waals surface area contributed by atoms with Crippen LogP contribution in [-0.4, -0.2) is 18.6 Å². The fourth-order valence-corrected chi connectivity index (χ4v) is 1.68. The molecule has 0 amide bonds. The molecule has 0 saturated heterocycles. The summed E-state index contributed by atoms with van der Waals surface area (Å²) < 4.78 is 5.07. The third kappa shape index (κ3) is 4.24. The molecule has 0 aliphatic carbocycles. The first kappa shape index (κ1) is 14.3.